The van der Waals surface area contributed by atoms with Gasteiger partial charge in [0, 0.05) is 37.7 Å². The standard InChI is InChI=1S/C22H30N2O3/c1-3-18-14-24(13-17-12-19(26-2)6-7-21(17)27-18)9-8-23-22(25)20-11-15-4-5-16(20)10-15/h4-7,12,15-16,18,20H,3,8-11,13-14H2,1-2H3,(H,23,25)/t15-,16+,18?,20-/m1/s1. The number of nitrogens with one attached hydrogen (secondary N) is 1. The Kier molecular flexibility index (Phi) is 5.39. The maximum atomic E-state index is 12.5. The van der Waals surface area contributed by atoms with E-state index in [0.717, 1.165) is 49.5 Å². The second-order valence-corrected chi connectivity index (χ2v) is 8.03. The monoisotopic (exact) mass is 370 g/mol. The summed E-state index contributed by atoms with van der Waals surface area (Å²) >= 11 is 0. The zero-order valence-corrected chi connectivity index (χ0v) is 16.3. The first-order valence-corrected chi connectivity index (χ1v) is 10.2. The zero-order chi connectivity index (χ0) is 18.8. The molecule has 1 amide bonds. The molecule has 4 atom stereocenters. The van der Waals surface area contributed by atoms with Crippen molar-refractivity contribution in [2.75, 3.05) is 26.7 Å². The van der Waals surface area contributed by atoms with Gasteiger partial charge in [0.1, 0.15) is 17.6 Å². The van der Waals surface area contributed by atoms with Crippen LogP contribution in [0.1, 0.15) is 31.7 Å². The summed E-state index contributed by atoms with van der Waals surface area (Å²) in [6, 6.07) is 6.01. The van der Waals surface area contributed by atoms with E-state index in [1.54, 1.807) is 7.11 Å². The molecule has 146 valence electrons. The van der Waals surface area contributed by atoms with Crippen LogP contribution in [0.15, 0.2) is 30.4 Å². The van der Waals surface area contributed by atoms with Crippen LogP contribution in [0, 0.1) is 17.8 Å². The van der Waals surface area contributed by atoms with Crippen LogP contribution in [-0.2, 0) is 11.3 Å². The Balaban J connectivity index is 1.34. The molecule has 5 nitrogen and oxygen atoms in total. The number of fused-ring (bicyclic) bond motifs is 3. The minimum absolute atomic E-state index is 0.172. The Hall–Kier alpha value is -2.01. The summed E-state index contributed by atoms with van der Waals surface area (Å²) < 4.78 is 11.6. The molecule has 4 rings (SSSR count). The molecule has 5 heteroatoms. The van der Waals surface area contributed by atoms with Gasteiger partial charge in [-0.3, -0.25) is 9.69 Å². The minimum atomic E-state index is 0.172. The van der Waals surface area contributed by atoms with Crippen LogP contribution in [0.2, 0.25) is 0 Å². The molecule has 1 aromatic carbocycles. The first-order valence-electron chi connectivity index (χ1n) is 10.2. The molecule has 0 saturated heterocycles. The summed E-state index contributed by atoms with van der Waals surface area (Å²) in [5.74, 6) is 3.30. The molecule has 0 aromatic heterocycles. The maximum absolute atomic E-state index is 12.5. The molecule has 2 aliphatic carbocycles. The Labute approximate surface area is 161 Å². The third kappa shape index (κ3) is 3.98. The number of ether oxygens (including phenoxy) is 2. The van der Waals surface area contributed by atoms with Gasteiger partial charge in [-0.1, -0.05) is 19.1 Å². The van der Waals surface area contributed by atoms with Crippen LogP contribution in [-0.4, -0.2) is 43.7 Å². The topological polar surface area (TPSA) is 50.8 Å². The van der Waals surface area contributed by atoms with Crippen molar-refractivity contribution in [3.8, 4) is 11.5 Å². The van der Waals surface area contributed by atoms with Gasteiger partial charge in [-0.25, -0.2) is 0 Å². The number of hydrogen-bond acceptors (Lipinski definition) is 4. The predicted octanol–water partition coefficient (Wildman–Crippen LogP) is 3.00. The summed E-state index contributed by atoms with van der Waals surface area (Å²) in [5, 5.41) is 3.18. The van der Waals surface area contributed by atoms with E-state index in [1.165, 1.54) is 6.42 Å². The predicted molar refractivity (Wildman–Crippen MR) is 105 cm³/mol. The van der Waals surface area contributed by atoms with Gasteiger partial charge in [0.2, 0.25) is 5.91 Å². The van der Waals surface area contributed by atoms with Gasteiger partial charge in [-0.15, -0.1) is 0 Å². The van der Waals surface area contributed by atoms with E-state index >= 15 is 0 Å². The molecular weight excluding hydrogens is 340 g/mol. The Bertz CT molecular complexity index is 718. The van der Waals surface area contributed by atoms with Gasteiger partial charge in [0.15, 0.2) is 0 Å². The Morgan fingerprint density at radius 2 is 2.22 bits per heavy atom. The average Bonchev–Trinajstić information content (AvgIpc) is 3.27. The van der Waals surface area contributed by atoms with Crippen LogP contribution in [0.5, 0.6) is 11.5 Å². The molecule has 2 bridgehead atoms. The molecule has 1 unspecified atom stereocenters. The lowest BCUT2D eigenvalue weighted by molar-refractivity contribution is -0.125. The van der Waals surface area contributed by atoms with Crippen LogP contribution in [0.25, 0.3) is 0 Å². The number of nitrogens with zero attached hydrogens (tertiary/aromatic N) is 1. The number of benzene rings is 1. The number of hydrogen-bond donors (Lipinski definition) is 1. The second-order valence-electron chi connectivity index (χ2n) is 8.03. The van der Waals surface area contributed by atoms with E-state index in [1.807, 2.05) is 12.1 Å². The smallest absolute Gasteiger partial charge is 0.223 e. The molecule has 1 heterocycles. The molecule has 27 heavy (non-hydrogen) atoms. The fourth-order valence-electron chi connectivity index (χ4n) is 4.66. The maximum Gasteiger partial charge on any atom is 0.223 e. The van der Waals surface area contributed by atoms with Gasteiger partial charge in [-0.05, 0) is 49.3 Å². The van der Waals surface area contributed by atoms with Crippen molar-refractivity contribution < 1.29 is 14.3 Å². The highest BCUT2D eigenvalue weighted by molar-refractivity contribution is 5.79. The molecule has 1 aromatic rings. The highest BCUT2D eigenvalue weighted by atomic mass is 16.5. The van der Waals surface area contributed by atoms with Gasteiger partial charge in [-0.2, -0.15) is 0 Å². The van der Waals surface area contributed by atoms with Crippen LogP contribution < -0.4 is 14.8 Å². The van der Waals surface area contributed by atoms with E-state index in [4.69, 9.17) is 9.47 Å². The van der Waals surface area contributed by atoms with Crippen molar-refractivity contribution in [3.05, 3.63) is 35.9 Å². The number of carbonyl (C=O) groups is 1. The lowest BCUT2D eigenvalue weighted by atomic mass is 9.93. The molecule has 1 fully saturated rings. The minimum Gasteiger partial charge on any atom is -0.497 e. The molecule has 1 saturated carbocycles. The normalized spacial score (nSPS) is 29.1. The third-order valence-corrected chi connectivity index (χ3v) is 6.22. The van der Waals surface area contributed by atoms with Crippen molar-refractivity contribution in [3.63, 3.8) is 0 Å². The van der Waals surface area contributed by atoms with E-state index < -0.39 is 0 Å². The fourth-order valence-corrected chi connectivity index (χ4v) is 4.66. The first-order chi connectivity index (χ1) is 13.2. The van der Waals surface area contributed by atoms with E-state index in [0.29, 0.717) is 18.4 Å². The van der Waals surface area contributed by atoms with E-state index in [-0.39, 0.29) is 17.9 Å². The average molecular weight is 370 g/mol. The third-order valence-electron chi connectivity index (χ3n) is 6.22. The van der Waals surface area contributed by atoms with Crippen LogP contribution >= 0.6 is 0 Å². The first kappa shape index (κ1) is 18.4. The number of amides is 1. The molecule has 1 aliphatic heterocycles. The largest absolute Gasteiger partial charge is 0.497 e. The van der Waals surface area contributed by atoms with Crippen molar-refractivity contribution in [2.24, 2.45) is 17.8 Å². The van der Waals surface area contributed by atoms with Gasteiger partial charge < -0.3 is 14.8 Å². The fraction of sp³-hybridized carbons (Fsp3) is 0.591. The SMILES string of the molecule is CCC1CN(CCNC(=O)[C@@H]2C[C@@H]3C=C[C@H]2C3)Cc2cc(OC)ccc2O1. The Morgan fingerprint density at radius 1 is 1.33 bits per heavy atom. The molecule has 1 N–H and O–H groups in total. The molecular formula is C22H30N2O3. The second kappa shape index (κ2) is 7.93. The summed E-state index contributed by atoms with van der Waals surface area (Å²) in [5.41, 5.74) is 1.15. The molecule has 3 aliphatic rings. The van der Waals surface area contributed by atoms with Crippen LogP contribution in [0.3, 0.4) is 0 Å². The highest BCUT2D eigenvalue weighted by Gasteiger charge is 2.39. The summed E-state index contributed by atoms with van der Waals surface area (Å²) in [6.45, 7) is 5.36. The van der Waals surface area contributed by atoms with E-state index in [9.17, 15) is 4.79 Å². The van der Waals surface area contributed by atoms with Crippen molar-refractivity contribution in [2.45, 2.75) is 38.8 Å². The highest BCUT2D eigenvalue weighted by Crippen LogP contribution is 2.43. The summed E-state index contributed by atoms with van der Waals surface area (Å²) in [4.78, 5) is 14.9. The summed E-state index contributed by atoms with van der Waals surface area (Å²) in [7, 11) is 1.69. The quantitative estimate of drug-likeness (QED) is 0.782. The van der Waals surface area contributed by atoms with Crippen molar-refractivity contribution in [1.82, 2.24) is 10.2 Å². The van der Waals surface area contributed by atoms with E-state index in [2.05, 4.69) is 35.4 Å². The zero-order valence-electron chi connectivity index (χ0n) is 16.3. The lowest BCUT2D eigenvalue weighted by Crippen LogP contribution is -2.40. The van der Waals surface area contributed by atoms with Crippen molar-refractivity contribution in [1.29, 1.82) is 0 Å². The number of allylic oxidation sites excluding steroid dienone is 2. The number of methoxy groups -OCH3 is 1. The van der Waals surface area contributed by atoms with Gasteiger partial charge >= 0.3 is 0 Å². The summed E-state index contributed by atoms with van der Waals surface area (Å²) in [6.07, 6.45) is 7.84. The molecule has 0 spiro atoms. The molecule has 0 radical (unpaired) electrons. The number of rotatable bonds is 6. The van der Waals surface area contributed by atoms with Crippen molar-refractivity contribution >= 4 is 5.91 Å². The van der Waals surface area contributed by atoms with Gasteiger partial charge in [0.25, 0.3) is 0 Å². The number of carbonyl (C=O) groups excluding carboxylic acids is 1. The van der Waals surface area contributed by atoms with Gasteiger partial charge in [0.05, 0.1) is 7.11 Å². The Morgan fingerprint density at radius 3 is 2.93 bits per heavy atom. The lowest BCUT2D eigenvalue weighted by Gasteiger charge is -2.24. The van der Waals surface area contributed by atoms with Crippen LogP contribution in [0.4, 0.5) is 0 Å².